The molecule has 0 heterocycles. The number of carboxylic acids is 1. The first-order chi connectivity index (χ1) is 4.91. The fourth-order valence-corrected chi connectivity index (χ4v) is 0.0781. The summed E-state index contributed by atoms with van der Waals surface area (Å²) in [5, 5.41) is 33.1. The molecule has 1 atom stereocenters. The predicted octanol–water partition coefficient (Wildman–Crippen LogP) is -1.70. The van der Waals surface area contributed by atoms with Crippen LogP contribution in [0.4, 0.5) is 0 Å². The molecule has 0 rings (SSSR count). The van der Waals surface area contributed by atoms with Gasteiger partial charge in [0, 0.05) is 0 Å². The van der Waals surface area contributed by atoms with Crippen molar-refractivity contribution in [1.82, 2.24) is 0 Å². The smallest absolute Gasteiger partial charge is 0.334 e. The number of carboxylic acid groups (broad SMARTS) is 1. The standard InChI is InChI=1S/C3H6O4.C3H6O/c4-1-2(5)3(6)7;1-3(2)4/h2,4-5H,1H2,(H,6,7);4H,1H2,2H3/p-1. The van der Waals surface area contributed by atoms with E-state index in [0.717, 1.165) is 0 Å². The molecule has 3 N–H and O–H groups in total. The Morgan fingerprint density at radius 2 is 2.00 bits per heavy atom. The van der Waals surface area contributed by atoms with Crippen molar-refractivity contribution >= 4 is 5.97 Å². The van der Waals surface area contributed by atoms with E-state index in [9.17, 15) is 9.90 Å². The Bertz CT molecular complexity index is 127. The van der Waals surface area contributed by atoms with Gasteiger partial charge < -0.3 is 20.4 Å². The van der Waals surface area contributed by atoms with Crippen molar-refractivity contribution in [2.24, 2.45) is 0 Å². The molecule has 0 amide bonds. The lowest BCUT2D eigenvalue weighted by Crippen LogP contribution is -2.22. The first-order valence-corrected chi connectivity index (χ1v) is 2.76. The van der Waals surface area contributed by atoms with Crippen molar-refractivity contribution in [1.29, 1.82) is 0 Å². The summed E-state index contributed by atoms with van der Waals surface area (Å²) in [6, 6.07) is 0. The van der Waals surface area contributed by atoms with E-state index in [-0.39, 0.29) is 5.76 Å². The average molecular weight is 163 g/mol. The molecule has 5 nitrogen and oxygen atoms in total. The maximum atomic E-state index is 9.52. The van der Waals surface area contributed by atoms with Crippen LogP contribution in [0.2, 0.25) is 0 Å². The fourth-order valence-electron chi connectivity index (χ4n) is 0.0781. The van der Waals surface area contributed by atoms with Gasteiger partial charge in [0.2, 0.25) is 0 Å². The lowest BCUT2D eigenvalue weighted by atomic mass is 10.4. The molecule has 0 aromatic heterocycles. The molecular weight excluding hydrogens is 152 g/mol. The summed E-state index contributed by atoms with van der Waals surface area (Å²) in [5.41, 5.74) is 0. The molecule has 5 heteroatoms. The second-order valence-corrected chi connectivity index (χ2v) is 1.74. The summed E-state index contributed by atoms with van der Waals surface area (Å²) in [4.78, 5) is 9.52. The van der Waals surface area contributed by atoms with Gasteiger partial charge in [-0.25, -0.2) is 4.79 Å². The SMILES string of the molecule is C=C(C)[O-].O=C(O)C(O)CO. The first kappa shape index (κ1) is 12.6. The number of rotatable bonds is 2. The average Bonchev–Trinajstić information content (AvgIpc) is 1.85. The highest BCUT2D eigenvalue weighted by molar-refractivity contribution is 5.71. The molecule has 1 unspecified atom stereocenters. The molecule has 0 aliphatic rings. The zero-order valence-corrected chi connectivity index (χ0v) is 6.15. The van der Waals surface area contributed by atoms with Crippen LogP contribution in [0.15, 0.2) is 12.3 Å². The van der Waals surface area contributed by atoms with Gasteiger partial charge in [0.15, 0.2) is 6.10 Å². The van der Waals surface area contributed by atoms with Crippen LogP contribution in [0.3, 0.4) is 0 Å². The Morgan fingerprint density at radius 1 is 1.73 bits per heavy atom. The topological polar surface area (TPSA) is 101 Å². The number of hydrogen-bond acceptors (Lipinski definition) is 4. The normalized spacial score (nSPS) is 10.8. The third kappa shape index (κ3) is 17.6. The minimum Gasteiger partial charge on any atom is -0.876 e. The van der Waals surface area contributed by atoms with Crippen LogP contribution in [-0.4, -0.2) is 34.0 Å². The highest BCUT2D eigenvalue weighted by Crippen LogP contribution is 1.75. The molecule has 66 valence electrons. The zero-order chi connectivity index (χ0) is 9.44. The maximum absolute atomic E-state index is 9.52. The summed E-state index contributed by atoms with van der Waals surface area (Å²) < 4.78 is 0. The molecule has 0 saturated carbocycles. The molecule has 0 aliphatic heterocycles. The van der Waals surface area contributed by atoms with Crippen LogP contribution in [-0.2, 0) is 4.79 Å². The van der Waals surface area contributed by atoms with E-state index in [2.05, 4.69) is 6.58 Å². The molecular formula is C6H11O5-. The third-order valence-electron chi connectivity index (χ3n) is 0.458. The van der Waals surface area contributed by atoms with E-state index in [1.807, 2.05) is 0 Å². The van der Waals surface area contributed by atoms with Gasteiger partial charge in [0.1, 0.15) is 0 Å². The number of carbonyl (C=O) groups is 1. The number of allylic oxidation sites excluding steroid dienone is 1. The summed E-state index contributed by atoms with van der Waals surface area (Å²) in [6.45, 7) is 3.69. The molecule has 0 aromatic carbocycles. The monoisotopic (exact) mass is 163 g/mol. The van der Waals surface area contributed by atoms with Crippen LogP contribution in [0.5, 0.6) is 0 Å². The van der Waals surface area contributed by atoms with Crippen LogP contribution in [0.1, 0.15) is 6.92 Å². The van der Waals surface area contributed by atoms with Crippen LogP contribution < -0.4 is 5.11 Å². The van der Waals surface area contributed by atoms with Gasteiger partial charge in [0.25, 0.3) is 0 Å². The van der Waals surface area contributed by atoms with Gasteiger partial charge >= 0.3 is 5.97 Å². The molecule has 0 bridgehead atoms. The van der Waals surface area contributed by atoms with Crippen LogP contribution in [0.25, 0.3) is 0 Å². The number of aliphatic carboxylic acids is 1. The van der Waals surface area contributed by atoms with E-state index < -0.39 is 18.7 Å². The Kier molecular flexibility index (Phi) is 8.06. The first-order valence-electron chi connectivity index (χ1n) is 2.76. The van der Waals surface area contributed by atoms with E-state index in [4.69, 9.17) is 15.3 Å². The maximum Gasteiger partial charge on any atom is 0.334 e. The second-order valence-electron chi connectivity index (χ2n) is 1.74. The molecule has 0 radical (unpaired) electrons. The molecule has 0 fully saturated rings. The van der Waals surface area contributed by atoms with Gasteiger partial charge in [-0.15, -0.1) is 12.3 Å². The summed E-state index contributed by atoms with van der Waals surface area (Å²) in [5.74, 6) is -1.48. The van der Waals surface area contributed by atoms with Gasteiger partial charge in [-0.3, -0.25) is 0 Å². The van der Waals surface area contributed by atoms with Crippen molar-refractivity contribution in [2.45, 2.75) is 13.0 Å². The number of aliphatic hydroxyl groups excluding tert-OH is 2. The number of aliphatic hydroxyl groups is 2. The molecule has 11 heavy (non-hydrogen) atoms. The van der Waals surface area contributed by atoms with Crippen LogP contribution in [0, 0.1) is 0 Å². The van der Waals surface area contributed by atoms with Crippen molar-refractivity contribution in [3.63, 3.8) is 0 Å². The Hall–Kier alpha value is -1.07. The minimum atomic E-state index is -1.63. The molecule has 0 aliphatic carbocycles. The van der Waals surface area contributed by atoms with Crippen molar-refractivity contribution in [3.05, 3.63) is 12.3 Å². The quantitative estimate of drug-likeness (QED) is 0.421. The molecule has 0 saturated heterocycles. The van der Waals surface area contributed by atoms with E-state index in [0.29, 0.717) is 0 Å². The highest BCUT2D eigenvalue weighted by atomic mass is 16.4. The van der Waals surface area contributed by atoms with Crippen LogP contribution >= 0.6 is 0 Å². The van der Waals surface area contributed by atoms with Gasteiger partial charge in [0.05, 0.1) is 6.61 Å². The number of hydrogen-bond donors (Lipinski definition) is 3. The fraction of sp³-hybridized carbons (Fsp3) is 0.500. The van der Waals surface area contributed by atoms with E-state index >= 15 is 0 Å². The summed E-state index contributed by atoms with van der Waals surface area (Å²) in [6.07, 6.45) is -1.63. The van der Waals surface area contributed by atoms with Gasteiger partial charge in [-0.2, -0.15) is 0 Å². The van der Waals surface area contributed by atoms with Gasteiger partial charge in [-0.05, 0) is 0 Å². The van der Waals surface area contributed by atoms with Crippen molar-refractivity contribution in [2.75, 3.05) is 6.61 Å². The molecule has 0 aromatic rings. The summed E-state index contributed by atoms with van der Waals surface area (Å²) in [7, 11) is 0. The summed E-state index contributed by atoms with van der Waals surface area (Å²) >= 11 is 0. The second kappa shape index (κ2) is 7.04. The van der Waals surface area contributed by atoms with Gasteiger partial charge in [-0.1, -0.05) is 6.92 Å². The zero-order valence-electron chi connectivity index (χ0n) is 6.15. The molecule has 0 spiro atoms. The lowest BCUT2D eigenvalue weighted by molar-refractivity contribution is -0.300. The third-order valence-corrected chi connectivity index (χ3v) is 0.458. The Morgan fingerprint density at radius 3 is 2.00 bits per heavy atom. The predicted molar refractivity (Wildman–Crippen MR) is 35.5 cm³/mol. The van der Waals surface area contributed by atoms with E-state index in [1.54, 1.807) is 0 Å². The minimum absolute atomic E-state index is 0.0833. The Labute approximate surface area is 64.2 Å². The highest BCUT2D eigenvalue weighted by Gasteiger charge is 2.08. The largest absolute Gasteiger partial charge is 0.876 e. The Balaban J connectivity index is 0. The lowest BCUT2D eigenvalue weighted by Gasteiger charge is -1.95. The van der Waals surface area contributed by atoms with E-state index in [1.165, 1.54) is 6.92 Å². The van der Waals surface area contributed by atoms with Crippen molar-refractivity contribution < 1.29 is 25.2 Å². The van der Waals surface area contributed by atoms with Crippen molar-refractivity contribution in [3.8, 4) is 0 Å².